The maximum absolute atomic E-state index is 12.5. The number of amides is 2. The molecule has 0 bridgehead atoms. The van der Waals surface area contributed by atoms with E-state index in [1.807, 2.05) is 27.7 Å². The van der Waals surface area contributed by atoms with E-state index >= 15 is 0 Å². The molecule has 1 rings (SSSR count). The molecule has 1 aliphatic heterocycles. The first-order valence-corrected chi connectivity index (χ1v) is 7.36. The van der Waals surface area contributed by atoms with Gasteiger partial charge in [0, 0.05) is 6.54 Å². The van der Waals surface area contributed by atoms with Gasteiger partial charge in [0.05, 0.1) is 12.2 Å². The average Bonchev–Trinajstić information content (AvgIpc) is 2.30. The predicted molar refractivity (Wildman–Crippen MR) is 78.3 cm³/mol. The number of hydrogen-bond acceptors (Lipinski definition) is 3. The van der Waals surface area contributed by atoms with Gasteiger partial charge in [-0.1, -0.05) is 13.3 Å². The summed E-state index contributed by atoms with van der Waals surface area (Å²) in [5.41, 5.74) is -1.06. The van der Waals surface area contributed by atoms with Gasteiger partial charge in [-0.15, -0.1) is 0 Å². The topological polar surface area (TPSA) is 58.6 Å². The number of hydrogen-bond donors (Lipinski definition) is 1. The quantitative estimate of drug-likeness (QED) is 0.836. The highest BCUT2D eigenvalue weighted by Crippen LogP contribution is 2.22. The van der Waals surface area contributed by atoms with Crippen molar-refractivity contribution < 1.29 is 14.3 Å². The Balaban J connectivity index is 2.76. The normalized spacial score (nSPS) is 22.9. The Labute approximate surface area is 122 Å². The number of nitrogens with one attached hydrogen (secondary N) is 1. The molecule has 0 aromatic rings. The number of piperazine rings is 1. The lowest BCUT2D eigenvalue weighted by Crippen LogP contribution is -2.68. The molecule has 20 heavy (non-hydrogen) atoms. The van der Waals surface area contributed by atoms with Crippen molar-refractivity contribution in [2.24, 2.45) is 0 Å². The van der Waals surface area contributed by atoms with Crippen LogP contribution in [0.4, 0.5) is 0 Å². The molecule has 1 unspecified atom stereocenters. The van der Waals surface area contributed by atoms with Crippen LogP contribution in [0.15, 0.2) is 0 Å². The monoisotopic (exact) mass is 284 g/mol. The van der Waals surface area contributed by atoms with Gasteiger partial charge in [0.2, 0.25) is 11.8 Å². The Morgan fingerprint density at radius 2 is 1.90 bits per heavy atom. The van der Waals surface area contributed by atoms with Crippen LogP contribution in [-0.2, 0) is 14.3 Å². The van der Waals surface area contributed by atoms with Crippen LogP contribution in [0, 0.1) is 0 Å². The number of carbonyl (C=O) groups excluding carboxylic acids is 2. The smallest absolute Gasteiger partial charge is 0.246 e. The second-order valence-corrected chi connectivity index (χ2v) is 6.82. The summed E-state index contributed by atoms with van der Waals surface area (Å²) in [6.45, 7) is 12.4. The molecule has 1 N–H and O–H groups in total. The molecule has 1 aliphatic rings. The zero-order valence-corrected chi connectivity index (χ0v) is 13.6. The van der Waals surface area contributed by atoms with E-state index in [4.69, 9.17) is 4.74 Å². The maximum Gasteiger partial charge on any atom is 0.246 e. The summed E-state index contributed by atoms with van der Waals surface area (Å²) < 4.78 is 5.68. The fourth-order valence-electron chi connectivity index (χ4n) is 2.30. The van der Waals surface area contributed by atoms with Crippen LogP contribution < -0.4 is 5.32 Å². The van der Waals surface area contributed by atoms with E-state index in [2.05, 4.69) is 5.32 Å². The van der Waals surface area contributed by atoms with E-state index in [9.17, 15) is 9.59 Å². The molecule has 0 saturated carbocycles. The molecular formula is C15H28N2O3. The molecule has 1 atom stereocenters. The van der Waals surface area contributed by atoms with Gasteiger partial charge < -0.3 is 15.0 Å². The van der Waals surface area contributed by atoms with Gasteiger partial charge in [-0.2, -0.15) is 0 Å². The minimum atomic E-state index is -0.817. The number of carbonyl (C=O) groups is 2. The number of ether oxygens (including phenoxy) is 1. The van der Waals surface area contributed by atoms with E-state index < -0.39 is 11.6 Å². The highest BCUT2D eigenvalue weighted by molar-refractivity contribution is 5.99. The summed E-state index contributed by atoms with van der Waals surface area (Å²) in [6.07, 6.45) is 1.54. The molecular weight excluding hydrogens is 256 g/mol. The van der Waals surface area contributed by atoms with E-state index in [0.29, 0.717) is 19.6 Å². The van der Waals surface area contributed by atoms with Crippen LogP contribution in [0.2, 0.25) is 0 Å². The average molecular weight is 284 g/mol. The third-order valence-electron chi connectivity index (χ3n) is 3.53. The first kappa shape index (κ1) is 17.0. The Morgan fingerprint density at radius 1 is 1.30 bits per heavy atom. The summed E-state index contributed by atoms with van der Waals surface area (Å²) in [5.74, 6) is -0.0970. The van der Waals surface area contributed by atoms with Crippen molar-refractivity contribution in [1.82, 2.24) is 10.2 Å². The lowest BCUT2D eigenvalue weighted by molar-refractivity contribution is -0.157. The van der Waals surface area contributed by atoms with Crippen molar-refractivity contribution in [3.05, 3.63) is 0 Å². The van der Waals surface area contributed by atoms with Crippen LogP contribution >= 0.6 is 0 Å². The lowest BCUT2D eigenvalue weighted by Gasteiger charge is -2.44. The Bertz CT molecular complexity index is 372. The summed E-state index contributed by atoms with van der Waals surface area (Å²) in [5, 5.41) is 2.82. The molecule has 2 amide bonds. The van der Waals surface area contributed by atoms with Crippen LogP contribution in [0.3, 0.4) is 0 Å². The van der Waals surface area contributed by atoms with Crippen molar-refractivity contribution in [2.45, 2.75) is 71.6 Å². The molecule has 0 spiro atoms. The zero-order chi connectivity index (χ0) is 15.6. The van der Waals surface area contributed by atoms with Gasteiger partial charge in [0.1, 0.15) is 11.6 Å². The van der Waals surface area contributed by atoms with Gasteiger partial charge in [-0.25, -0.2) is 0 Å². The van der Waals surface area contributed by atoms with Crippen molar-refractivity contribution in [3.63, 3.8) is 0 Å². The largest absolute Gasteiger partial charge is 0.374 e. The van der Waals surface area contributed by atoms with Crippen LogP contribution in [-0.4, -0.2) is 47.0 Å². The first-order chi connectivity index (χ1) is 9.09. The minimum Gasteiger partial charge on any atom is -0.374 e. The minimum absolute atomic E-state index is 0.00559. The third kappa shape index (κ3) is 3.95. The van der Waals surface area contributed by atoms with Crippen LogP contribution in [0.5, 0.6) is 0 Å². The summed E-state index contributed by atoms with van der Waals surface area (Å²) in [4.78, 5) is 26.3. The van der Waals surface area contributed by atoms with Crippen molar-refractivity contribution >= 4 is 11.8 Å². The number of nitrogens with zero attached hydrogens (tertiary/aromatic N) is 1. The second kappa shape index (κ2) is 6.12. The molecule has 0 aromatic carbocycles. The highest BCUT2D eigenvalue weighted by Gasteiger charge is 2.45. The zero-order valence-electron chi connectivity index (χ0n) is 13.6. The summed E-state index contributed by atoms with van der Waals surface area (Å²) in [6, 6.07) is -0.393. The SMILES string of the molecule is CCCC1NC(=O)C(C)(C)N(CCOC(C)(C)C)C1=O. The van der Waals surface area contributed by atoms with Gasteiger partial charge >= 0.3 is 0 Å². The number of rotatable bonds is 5. The summed E-state index contributed by atoms with van der Waals surface area (Å²) >= 11 is 0. The molecule has 1 fully saturated rings. The van der Waals surface area contributed by atoms with Gasteiger partial charge in [0.15, 0.2) is 0 Å². The van der Waals surface area contributed by atoms with Crippen LogP contribution in [0.1, 0.15) is 54.4 Å². The van der Waals surface area contributed by atoms with Crippen LogP contribution in [0.25, 0.3) is 0 Å². The molecule has 0 radical (unpaired) electrons. The maximum atomic E-state index is 12.5. The van der Waals surface area contributed by atoms with E-state index in [0.717, 1.165) is 6.42 Å². The highest BCUT2D eigenvalue weighted by atomic mass is 16.5. The van der Waals surface area contributed by atoms with E-state index in [1.54, 1.807) is 18.7 Å². The standard InChI is InChI=1S/C15H28N2O3/c1-7-8-11-12(18)17(9-10-20-14(2,3)4)15(5,6)13(19)16-11/h11H,7-10H2,1-6H3,(H,16,19). The Hall–Kier alpha value is -1.10. The van der Waals surface area contributed by atoms with E-state index in [1.165, 1.54) is 0 Å². The summed E-state index contributed by atoms with van der Waals surface area (Å²) in [7, 11) is 0. The fraction of sp³-hybridized carbons (Fsp3) is 0.867. The second-order valence-electron chi connectivity index (χ2n) is 6.82. The third-order valence-corrected chi connectivity index (χ3v) is 3.53. The van der Waals surface area contributed by atoms with Crippen molar-refractivity contribution in [3.8, 4) is 0 Å². The lowest BCUT2D eigenvalue weighted by atomic mass is 9.94. The van der Waals surface area contributed by atoms with E-state index in [-0.39, 0.29) is 17.4 Å². The molecule has 0 aliphatic carbocycles. The Kier molecular flexibility index (Phi) is 5.19. The van der Waals surface area contributed by atoms with Gasteiger partial charge in [-0.3, -0.25) is 9.59 Å². The van der Waals surface area contributed by atoms with Gasteiger partial charge in [-0.05, 0) is 41.0 Å². The molecule has 1 heterocycles. The van der Waals surface area contributed by atoms with Crippen molar-refractivity contribution in [1.29, 1.82) is 0 Å². The first-order valence-electron chi connectivity index (χ1n) is 7.36. The molecule has 1 saturated heterocycles. The predicted octanol–water partition coefficient (Wildman–Crippen LogP) is 1.71. The molecule has 0 aromatic heterocycles. The molecule has 5 nitrogen and oxygen atoms in total. The fourth-order valence-corrected chi connectivity index (χ4v) is 2.30. The molecule has 116 valence electrons. The van der Waals surface area contributed by atoms with Crippen molar-refractivity contribution in [2.75, 3.05) is 13.2 Å². The Morgan fingerprint density at radius 3 is 2.40 bits per heavy atom. The van der Waals surface area contributed by atoms with Gasteiger partial charge in [0.25, 0.3) is 0 Å². The molecule has 5 heteroatoms.